The lowest BCUT2D eigenvalue weighted by atomic mass is 9.87. The van der Waals surface area contributed by atoms with Crippen molar-refractivity contribution >= 4 is 34.1 Å². The minimum atomic E-state index is -0.390. The molecule has 2 N–H and O–H groups in total. The molecule has 1 spiro atoms. The fourth-order valence-electron chi connectivity index (χ4n) is 6.25. The summed E-state index contributed by atoms with van der Waals surface area (Å²) in [5.41, 5.74) is 1.30. The number of nitrogens with one attached hydrogen (secondary N) is 1. The van der Waals surface area contributed by atoms with Crippen molar-refractivity contribution < 1.29 is 19.4 Å². The quantitative estimate of drug-likeness (QED) is 0.688. The van der Waals surface area contributed by atoms with Crippen LogP contribution in [-0.2, 0) is 14.3 Å². The van der Waals surface area contributed by atoms with Crippen molar-refractivity contribution in [3.8, 4) is 0 Å². The molecular weight excluding hydrogens is 454 g/mol. The van der Waals surface area contributed by atoms with Gasteiger partial charge in [0.1, 0.15) is 5.82 Å². The number of hydrogen-bond donors (Lipinski definition) is 2. The molecule has 7 nitrogen and oxygen atoms in total. The third kappa shape index (κ3) is 4.22. The number of pyridine rings is 1. The lowest BCUT2D eigenvalue weighted by molar-refractivity contribution is -0.118. The molecule has 4 heterocycles. The summed E-state index contributed by atoms with van der Waals surface area (Å²) in [6.45, 7) is 4.42. The summed E-state index contributed by atoms with van der Waals surface area (Å²) in [7, 11) is 0. The molecule has 0 radical (unpaired) electrons. The van der Waals surface area contributed by atoms with Gasteiger partial charge in [-0.2, -0.15) is 0 Å². The Morgan fingerprint density at radius 2 is 1.91 bits per heavy atom. The van der Waals surface area contributed by atoms with Gasteiger partial charge in [-0.25, -0.2) is 4.98 Å². The molecule has 182 valence electrons. The van der Waals surface area contributed by atoms with E-state index in [1.807, 2.05) is 12.1 Å². The van der Waals surface area contributed by atoms with Gasteiger partial charge in [-0.1, -0.05) is 11.6 Å². The summed E-state index contributed by atoms with van der Waals surface area (Å²) in [4.78, 5) is 19.7. The zero-order valence-electron chi connectivity index (χ0n) is 19.3. The van der Waals surface area contributed by atoms with Crippen LogP contribution in [-0.4, -0.2) is 72.6 Å². The molecule has 34 heavy (non-hydrogen) atoms. The zero-order chi connectivity index (χ0) is 23.3. The van der Waals surface area contributed by atoms with Crippen molar-refractivity contribution in [2.75, 3.05) is 44.8 Å². The SMILES string of the molecule is O=C(Nc1cc2cc(C3CCN([C@H]4COC[C@H]4O)CC3)c(Cl)cc2cn1)[C@H]1CC12CCOCC2. The number of aliphatic hydroxyl groups excluding tert-OH is 1. The highest BCUT2D eigenvalue weighted by molar-refractivity contribution is 6.32. The largest absolute Gasteiger partial charge is 0.389 e. The molecule has 3 atom stereocenters. The van der Waals surface area contributed by atoms with E-state index in [-0.39, 0.29) is 29.4 Å². The Morgan fingerprint density at radius 3 is 2.65 bits per heavy atom. The van der Waals surface area contributed by atoms with Gasteiger partial charge in [-0.05, 0) is 85.7 Å². The predicted octanol–water partition coefficient (Wildman–Crippen LogP) is 3.58. The number of halogens is 1. The maximum atomic E-state index is 12.9. The summed E-state index contributed by atoms with van der Waals surface area (Å²) in [5, 5.41) is 16.0. The molecule has 4 fully saturated rings. The van der Waals surface area contributed by atoms with Crippen molar-refractivity contribution in [3.05, 3.63) is 35.0 Å². The molecule has 1 amide bonds. The van der Waals surface area contributed by atoms with Crippen molar-refractivity contribution in [1.82, 2.24) is 9.88 Å². The molecule has 8 heteroatoms. The predicted molar refractivity (Wildman–Crippen MR) is 130 cm³/mol. The molecule has 2 aromatic rings. The van der Waals surface area contributed by atoms with Crippen LogP contribution >= 0.6 is 11.6 Å². The van der Waals surface area contributed by atoms with E-state index in [9.17, 15) is 9.90 Å². The number of aromatic nitrogens is 1. The Hall–Kier alpha value is -1.77. The molecule has 1 aromatic heterocycles. The van der Waals surface area contributed by atoms with Crippen LogP contribution in [0.4, 0.5) is 5.82 Å². The second-order valence-electron chi connectivity index (χ2n) is 10.5. The standard InChI is InChI=1S/C26H32ClN3O4/c27-21-10-18-13-28-24(29-25(32)20-12-26(20)3-7-33-8-4-26)11-17(18)9-19(21)16-1-5-30(6-2-16)22-14-34-15-23(22)31/h9-11,13,16,20,22-23,31H,1-8,12,14-15H2,(H,28,29,32)/t20-,22+,23-/m1/s1. The van der Waals surface area contributed by atoms with E-state index in [1.54, 1.807) is 6.20 Å². The smallest absolute Gasteiger partial charge is 0.229 e. The first kappa shape index (κ1) is 22.7. The second kappa shape index (κ2) is 9.03. The first-order chi connectivity index (χ1) is 16.5. The van der Waals surface area contributed by atoms with Crippen LogP contribution < -0.4 is 5.32 Å². The van der Waals surface area contributed by atoms with Crippen LogP contribution in [0.25, 0.3) is 10.8 Å². The molecule has 0 bridgehead atoms. The van der Waals surface area contributed by atoms with E-state index in [1.165, 1.54) is 0 Å². The van der Waals surface area contributed by atoms with E-state index in [4.69, 9.17) is 21.1 Å². The second-order valence-corrected chi connectivity index (χ2v) is 10.9. The van der Waals surface area contributed by atoms with E-state index >= 15 is 0 Å². The minimum absolute atomic E-state index is 0.0728. The third-order valence-corrected chi connectivity index (χ3v) is 8.87. The van der Waals surface area contributed by atoms with E-state index in [2.05, 4.69) is 21.3 Å². The fraction of sp³-hybridized carbons (Fsp3) is 0.615. The Balaban J connectivity index is 1.15. The van der Waals surface area contributed by atoms with Gasteiger partial charge in [0.05, 0.1) is 25.4 Å². The van der Waals surface area contributed by atoms with Crippen molar-refractivity contribution in [3.63, 3.8) is 0 Å². The molecule has 4 aliphatic rings. The maximum absolute atomic E-state index is 12.9. The number of hydrogen-bond acceptors (Lipinski definition) is 6. The van der Waals surface area contributed by atoms with Gasteiger partial charge in [-0.15, -0.1) is 0 Å². The number of piperidine rings is 1. The molecule has 1 aliphatic carbocycles. The van der Waals surface area contributed by atoms with Crippen molar-refractivity contribution in [1.29, 1.82) is 0 Å². The summed E-state index contributed by atoms with van der Waals surface area (Å²) in [6.07, 6.45) is 6.31. The van der Waals surface area contributed by atoms with Crippen molar-refractivity contribution in [2.45, 2.75) is 50.2 Å². The number of fused-ring (bicyclic) bond motifs is 1. The lowest BCUT2D eigenvalue weighted by Gasteiger charge is -2.36. The number of carbonyl (C=O) groups excluding carboxylic acids is 1. The van der Waals surface area contributed by atoms with E-state index < -0.39 is 0 Å². The van der Waals surface area contributed by atoms with Crippen LogP contribution in [0.5, 0.6) is 0 Å². The molecule has 1 aromatic carbocycles. The van der Waals surface area contributed by atoms with Gasteiger partial charge >= 0.3 is 0 Å². The molecule has 6 rings (SSSR count). The summed E-state index contributed by atoms with van der Waals surface area (Å²) < 4.78 is 10.9. The van der Waals surface area contributed by atoms with Crippen LogP contribution in [0.3, 0.4) is 0 Å². The number of nitrogens with zero attached hydrogens (tertiary/aromatic N) is 2. The van der Waals surface area contributed by atoms with Gasteiger partial charge in [0, 0.05) is 35.7 Å². The fourth-order valence-corrected chi connectivity index (χ4v) is 6.58. The number of rotatable bonds is 4. The van der Waals surface area contributed by atoms with Crippen LogP contribution in [0.2, 0.25) is 5.02 Å². The monoisotopic (exact) mass is 485 g/mol. The Morgan fingerprint density at radius 1 is 1.12 bits per heavy atom. The van der Waals surface area contributed by atoms with Crippen LogP contribution in [0, 0.1) is 11.3 Å². The zero-order valence-corrected chi connectivity index (χ0v) is 20.1. The lowest BCUT2D eigenvalue weighted by Crippen LogP contribution is -2.46. The van der Waals surface area contributed by atoms with Gasteiger partial charge in [0.25, 0.3) is 0 Å². The topological polar surface area (TPSA) is 83.9 Å². The van der Waals surface area contributed by atoms with Gasteiger partial charge in [-0.3, -0.25) is 9.69 Å². The molecule has 3 aliphatic heterocycles. The molecular formula is C26H32ClN3O4. The number of benzene rings is 1. The summed E-state index contributed by atoms with van der Waals surface area (Å²) in [6, 6.07) is 6.23. The number of amides is 1. The Labute approximate surface area is 204 Å². The third-order valence-electron chi connectivity index (χ3n) is 8.54. The number of carbonyl (C=O) groups is 1. The number of ether oxygens (including phenoxy) is 2. The summed E-state index contributed by atoms with van der Waals surface area (Å²) in [5.74, 6) is 1.13. The summed E-state index contributed by atoms with van der Waals surface area (Å²) >= 11 is 6.70. The Kier molecular flexibility index (Phi) is 6.02. The normalized spacial score (nSPS) is 29.5. The van der Waals surface area contributed by atoms with E-state index in [0.29, 0.717) is 24.9 Å². The average Bonchev–Trinajstić information content (AvgIpc) is 3.36. The van der Waals surface area contributed by atoms with Crippen molar-refractivity contribution in [2.24, 2.45) is 11.3 Å². The van der Waals surface area contributed by atoms with Crippen LogP contribution in [0.1, 0.15) is 43.6 Å². The number of anilines is 1. The molecule has 3 saturated heterocycles. The highest BCUT2D eigenvalue weighted by Crippen LogP contribution is 2.59. The molecule has 1 saturated carbocycles. The van der Waals surface area contributed by atoms with E-state index in [0.717, 1.165) is 79.8 Å². The highest BCUT2D eigenvalue weighted by Gasteiger charge is 2.58. The highest BCUT2D eigenvalue weighted by atomic mass is 35.5. The van der Waals surface area contributed by atoms with Crippen LogP contribution in [0.15, 0.2) is 24.4 Å². The molecule has 0 unspecified atom stereocenters. The Bertz CT molecular complexity index is 1080. The number of aliphatic hydroxyl groups is 1. The maximum Gasteiger partial charge on any atom is 0.229 e. The average molecular weight is 486 g/mol. The first-order valence-electron chi connectivity index (χ1n) is 12.5. The van der Waals surface area contributed by atoms with Gasteiger partial charge in [0.2, 0.25) is 5.91 Å². The van der Waals surface area contributed by atoms with Gasteiger partial charge < -0.3 is 19.9 Å². The first-order valence-corrected chi connectivity index (χ1v) is 12.9. The number of likely N-dealkylation sites (tertiary alicyclic amines) is 1. The van der Waals surface area contributed by atoms with Gasteiger partial charge in [0.15, 0.2) is 0 Å². The minimum Gasteiger partial charge on any atom is -0.389 e.